The van der Waals surface area contributed by atoms with Crippen LogP contribution in [0.25, 0.3) is 0 Å². The predicted molar refractivity (Wildman–Crippen MR) is 44.2 cm³/mol. The molecule has 0 radical (unpaired) electrons. The zero-order valence-corrected chi connectivity index (χ0v) is 6.99. The van der Waals surface area contributed by atoms with E-state index in [1.54, 1.807) is 0 Å². The minimum absolute atomic E-state index is 0.244. The van der Waals surface area contributed by atoms with Crippen LogP contribution >= 0.6 is 0 Å². The number of oxime groups is 1. The average molecular weight is 172 g/mol. The highest BCUT2D eigenvalue weighted by atomic mass is 16.7. The van der Waals surface area contributed by atoms with Gasteiger partial charge in [-0.3, -0.25) is 4.99 Å². The lowest BCUT2D eigenvalue weighted by Crippen LogP contribution is -2.24. The molecule has 0 aliphatic carbocycles. The van der Waals surface area contributed by atoms with Crippen molar-refractivity contribution in [2.45, 2.75) is 13.3 Å². The Morgan fingerprint density at radius 2 is 2.50 bits per heavy atom. The number of nitrogens with zero attached hydrogens (tertiary/aromatic N) is 2. The third kappa shape index (κ3) is 2.20. The van der Waals surface area contributed by atoms with Crippen molar-refractivity contribution in [2.24, 2.45) is 10.1 Å². The van der Waals surface area contributed by atoms with Crippen LogP contribution in [-0.2, 0) is 9.57 Å². The first-order valence-corrected chi connectivity index (χ1v) is 3.85. The molecule has 1 heterocycles. The van der Waals surface area contributed by atoms with Crippen LogP contribution in [0.5, 0.6) is 0 Å². The number of ether oxygens (including phenoxy) is 1. The van der Waals surface area contributed by atoms with Crippen LogP contribution in [0.3, 0.4) is 0 Å². The molecule has 5 nitrogen and oxygen atoms in total. The lowest BCUT2D eigenvalue weighted by atomic mass is 10.3. The Labute approximate surface area is 70.7 Å². The highest BCUT2D eigenvalue weighted by Crippen LogP contribution is 1.99. The molecule has 0 atom stereocenters. The quantitative estimate of drug-likeness (QED) is 0.616. The molecule has 0 unspecified atom stereocenters. The largest absolute Gasteiger partial charge is 0.471 e. The maximum atomic E-state index is 8.56. The van der Waals surface area contributed by atoms with Crippen LogP contribution in [0.2, 0.25) is 0 Å². The first kappa shape index (κ1) is 8.99. The number of aliphatic imine (C=N–C) groups is 1. The number of rotatable bonds is 3. The molecule has 0 amide bonds. The number of hydrogen-bond donors (Lipinski definition) is 1. The second kappa shape index (κ2) is 4.71. The fraction of sp³-hybridized carbons (Fsp3) is 0.714. The van der Waals surface area contributed by atoms with Gasteiger partial charge in [0, 0.05) is 0 Å². The molecular weight excluding hydrogens is 160 g/mol. The van der Waals surface area contributed by atoms with E-state index in [2.05, 4.69) is 10.1 Å². The summed E-state index contributed by atoms with van der Waals surface area (Å²) in [5.74, 6) is 0.387. The molecule has 1 rings (SSSR count). The van der Waals surface area contributed by atoms with Gasteiger partial charge in [0.2, 0.25) is 0 Å². The molecule has 0 spiro atoms. The van der Waals surface area contributed by atoms with E-state index >= 15 is 0 Å². The van der Waals surface area contributed by atoms with Gasteiger partial charge in [-0.15, -0.1) is 0 Å². The van der Waals surface area contributed by atoms with E-state index in [9.17, 15) is 0 Å². The zero-order chi connectivity index (χ0) is 8.81. The lowest BCUT2D eigenvalue weighted by Gasteiger charge is -2.13. The fourth-order valence-corrected chi connectivity index (χ4v) is 0.858. The minimum Gasteiger partial charge on any atom is -0.471 e. The lowest BCUT2D eigenvalue weighted by molar-refractivity contribution is 0.0674. The van der Waals surface area contributed by atoms with Gasteiger partial charge in [-0.2, -0.15) is 0 Å². The molecule has 0 saturated heterocycles. The van der Waals surface area contributed by atoms with Crippen LogP contribution in [-0.4, -0.2) is 36.7 Å². The van der Waals surface area contributed by atoms with Crippen molar-refractivity contribution < 1.29 is 14.7 Å². The minimum atomic E-state index is -0.244. The molecule has 0 bridgehead atoms. The molecule has 0 aromatic carbocycles. The van der Waals surface area contributed by atoms with Crippen molar-refractivity contribution in [3.05, 3.63) is 0 Å². The number of aliphatic hydroxyl groups is 1. The van der Waals surface area contributed by atoms with Gasteiger partial charge in [-0.25, -0.2) is 0 Å². The summed E-state index contributed by atoms with van der Waals surface area (Å²) in [5.41, 5.74) is 0.636. The summed E-state index contributed by atoms with van der Waals surface area (Å²) >= 11 is 0. The Morgan fingerprint density at radius 3 is 3.00 bits per heavy atom. The van der Waals surface area contributed by atoms with Crippen molar-refractivity contribution in [3.63, 3.8) is 0 Å². The predicted octanol–water partition coefficient (Wildman–Crippen LogP) is 0.148. The molecule has 1 aliphatic rings. The highest BCUT2D eigenvalue weighted by molar-refractivity contribution is 6.38. The summed E-state index contributed by atoms with van der Waals surface area (Å²) in [4.78, 5) is 8.61. The van der Waals surface area contributed by atoms with Gasteiger partial charge in [0.15, 0.2) is 6.61 Å². The molecule has 0 fully saturated rings. The third-order valence-electron chi connectivity index (χ3n) is 1.40. The van der Waals surface area contributed by atoms with E-state index in [4.69, 9.17) is 14.7 Å². The molecule has 12 heavy (non-hydrogen) atoms. The third-order valence-corrected chi connectivity index (χ3v) is 1.40. The summed E-state index contributed by atoms with van der Waals surface area (Å²) in [7, 11) is 0. The van der Waals surface area contributed by atoms with E-state index < -0.39 is 0 Å². The zero-order valence-electron chi connectivity index (χ0n) is 6.99. The maximum Gasteiger partial charge on any atom is 0.271 e. The van der Waals surface area contributed by atoms with Gasteiger partial charge in [0.1, 0.15) is 19.0 Å². The summed E-state index contributed by atoms with van der Waals surface area (Å²) in [6, 6.07) is 0. The molecule has 68 valence electrons. The standard InChI is InChI=1S/C7H12N2O3/c1-2-6(8-5-10)7-9-12-4-3-11-7/h10H,2-5H2,1H3/b8-6+. The Bertz CT molecular complexity index is 195. The van der Waals surface area contributed by atoms with Gasteiger partial charge in [-0.1, -0.05) is 6.92 Å². The Morgan fingerprint density at radius 1 is 1.67 bits per heavy atom. The molecule has 0 saturated carbocycles. The molecule has 1 aliphatic heterocycles. The van der Waals surface area contributed by atoms with Crippen LogP contribution in [0.15, 0.2) is 10.1 Å². The SMILES string of the molecule is CC/C(=N\CO)C1=NOCCO1. The van der Waals surface area contributed by atoms with Gasteiger partial charge in [-0.05, 0) is 11.6 Å². The van der Waals surface area contributed by atoms with Gasteiger partial charge >= 0.3 is 0 Å². The number of aliphatic hydroxyl groups excluding tert-OH is 1. The normalized spacial score (nSPS) is 17.8. The van der Waals surface area contributed by atoms with Crippen molar-refractivity contribution in [1.82, 2.24) is 0 Å². The second-order valence-corrected chi connectivity index (χ2v) is 2.18. The first-order valence-electron chi connectivity index (χ1n) is 3.85. The molecule has 1 N–H and O–H groups in total. The molecule has 0 aromatic rings. The van der Waals surface area contributed by atoms with Crippen LogP contribution < -0.4 is 0 Å². The monoisotopic (exact) mass is 172 g/mol. The topological polar surface area (TPSA) is 63.4 Å². The summed E-state index contributed by atoms with van der Waals surface area (Å²) in [6.07, 6.45) is 0.669. The smallest absolute Gasteiger partial charge is 0.271 e. The summed E-state index contributed by atoms with van der Waals surface area (Å²) in [6.45, 7) is 2.63. The van der Waals surface area contributed by atoms with E-state index in [0.29, 0.717) is 31.2 Å². The van der Waals surface area contributed by atoms with Crippen LogP contribution in [0, 0.1) is 0 Å². The molecule has 5 heteroatoms. The van der Waals surface area contributed by atoms with E-state index in [-0.39, 0.29) is 6.73 Å². The maximum absolute atomic E-state index is 8.56. The molecular formula is C7H12N2O3. The van der Waals surface area contributed by atoms with E-state index in [1.807, 2.05) is 6.92 Å². The number of hydrogen-bond acceptors (Lipinski definition) is 5. The van der Waals surface area contributed by atoms with Crippen molar-refractivity contribution in [3.8, 4) is 0 Å². The first-order chi connectivity index (χ1) is 5.88. The van der Waals surface area contributed by atoms with Gasteiger partial charge in [0.05, 0.1) is 0 Å². The van der Waals surface area contributed by atoms with E-state index in [1.165, 1.54) is 0 Å². The Kier molecular flexibility index (Phi) is 3.53. The average Bonchev–Trinajstić information content (AvgIpc) is 2.15. The summed E-state index contributed by atoms with van der Waals surface area (Å²) < 4.78 is 5.17. The van der Waals surface area contributed by atoms with Crippen LogP contribution in [0.4, 0.5) is 0 Å². The fourth-order valence-electron chi connectivity index (χ4n) is 0.858. The van der Waals surface area contributed by atoms with E-state index in [0.717, 1.165) is 0 Å². The Balaban J connectivity index is 2.64. The van der Waals surface area contributed by atoms with Gasteiger partial charge in [0.25, 0.3) is 5.90 Å². The van der Waals surface area contributed by atoms with Crippen molar-refractivity contribution >= 4 is 11.6 Å². The van der Waals surface area contributed by atoms with Crippen molar-refractivity contribution in [1.29, 1.82) is 0 Å². The Hall–Kier alpha value is -1.10. The van der Waals surface area contributed by atoms with Crippen LogP contribution in [0.1, 0.15) is 13.3 Å². The van der Waals surface area contributed by atoms with Gasteiger partial charge < -0.3 is 14.7 Å². The summed E-state index contributed by atoms with van der Waals surface area (Å²) in [5, 5.41) is 12.2. The van der Waals surface area contributed by atoms with Crippen molar-refractivity contribution in [2.75, 3.05) is 19.9 Å². The second-order valence-electron chi connectivity index (χ2n) is 2.18. The molecule has 0 aromatic heterocycles. The highest BCUT2D eigenvalue weighted by Gasteiger charge is 2.12.